The predicted octanol–water partition coefficient (Wildman–Crippen LogP) is 1.62. The molecule has 0 unspecified atom stereocenters. The topological polar surface area (TPSA) is 18.5 Å². The number of benzene rings is 1. The maximum Gasteiger partial charge on any atom is 0.187 e. The first-order valence-electron chi connectivity index (χ1n) is 5.14. The van der Waals surface area contributed by atoms with Crippen molar-refractivity contribution >= 4 is 23.0 Å². The van der Waals surface area contributed by atoms with E-state index in [0.29, 0.717) is 0 Å². The fraction of sp³-hybridized carbons (Fsp3) is 0.364. The maximum absolute atomic E-state index is 5.27. The second kappa shape index (κ2) is 4.49. The summed E-state index contributed by atoms with van der Waals surface area (Å²) in [6.45, 7) is 2.03. The van der Waals surface area contributed by atoms with Crippen molar-refractivity contribution in [3.05, 3.63) is 30.3 Å². The highest BCUT2D eigenvalue weighted by Crippen LogP contribution is 2.20. The third-order valence-electron chi connectivity index (χ3n) is 2.53. The third kappa shape index (κ3) is 2.04. The normalized spacial score (nSPS) is 15.5. The summed E-state index contributed by atoms with van der Waals surface area (Å²) in [5, 5.41) is 8.15. The highest BCUT2D eigenvalue weighted by molar-refractivity contribution is 7.80. The minimum atomic E-state index is 0.788. The average Bonchev–Trinajstić information content (AvgIpc) is 2.78. The molecule has 0 saturated carbocycles. The number of hydrogen-bond acceptors (Lipinski definition) is 2. The van der Waals surface area contributed by atoms with Crippen LogP contribution in [0.15, 0.2) is 30.3 Å². The van der Waals surface area contributed by atoms with E-state index in [-0.39, 0.29) is 0 Å². The summed E-state index contributed by atoms with van der Waals surface area (Å²) in [5.74, 6) is 0. The molecule has 2 rings (SSSR count). The molecule has 0 atom stereocenters. The van der Waals surface area contributed by atoms with Crippen LogP contribution in [-0.4, -0.2) is 30.3 Å². The van der Waals surface area contributed by atoms with E-state index in [0.717, 1.165) is 24.6 Å². The fourth-order valence-corrected chi connectivity index (χ4v) is 2.01. The Bertz CT molecular complexity index is 339. The number of anilines is 1. The van der Waals surface area contributed by atoms with Crippen LogP contribution in [0.1, 0.15) is 6.42 Å². The molecule has 0 aliphatic carbocycles. The van der Waals surface area contributed by atoms with Crippen molar-refractivity contribution in [3.63, 3.8) is 0 Å². The predicted molar refractivity (Wildman–Crippen MR) is 66.8 cm³/mol. The molecule has 3 nitrogen and oxygen atoms in total. The van der Waals surface area contributed by atoms with Crippen LogP contribution in [0, 0.1) is 0 Å². The average molecular weight is 221 g/mol. The van der Waals surface area contributed by atoms with Gasteiger partial charge in [-0.15, -0.1) is 0 Å². The molecule has 1 aliphatic rings. The summed E-state index contributed by atoms with van der Waals surface area (Å²) in [4.78, 5) is 0. The summed E-state index contributed by atoms with van der Waals surface area (Å²) in [6, 6.07) is 10.3. The van der Waals surface area contributed by atoms with Gasteiger partial charge in [-0.2, -0.15) is 0 Å². The lowest BCUT2D eigenvalue weighted by atomic mass is 10.3. The minimum Gasteiger partial charge on any atom is -0.364 e. The summed E-state index contributed by atoms with van der Waals surface area (Å²) in [6.07, 6.45) is 1.15. The van der Waals surface area contributed by atoms with Crippen molar-refractivity contribution < 1.29 is 0 Å². The van der Waals surface area contributed by atoms with Gasteiger partial charge in [-0.05, 0) is 30.8 Å². The highest BCUT2D eigenvalue weighted by atomic mass is 32.1. The summed E-state index contributed by atoms with van der Waals surface area (Å²) >= 11 is 5.27. The Morgan fingerprint density at radius 3 is 2.67 bits per heavy atom. The molecule has 1 N–H and O–H groups in total. The first-order chi connectivity index (χ1) is 7.33. The summed E-state index contributed by atoms with van der Waals surface area (Å²) < 4.78 is 0. The second-order valence-corrected chi connectivity index (χ2v) is 3.88. The monoisotopic (exact) mass is 221 g/mol. The van der Waals surface area contributed by atoms with Crippen LogP contribution in [0.5, 0.6) is 0 Å². The minimum absolute atomic E-state index is 0.788. The van der Waals surface area contributed by atoms with Crippen molar-refractivity contribution in [1.29, 1.82) is 0 Å². The van der Waals surface area contributed by atoms with E-state index in [2.05, 4.69) is 27.5 Å². The van der Waals surface area contributed by atoms with E-state index >= 15 is 0 Å². The van der Waals surface area contributed by atoms with E-state index in [1.54, 1.807) is 0 Å². The zero-order chi connectivity index (χ0) is 10.7. The molecular weight excluding hydrogens is 206 g/mol. The van der Waals surface area contributed by atoms with Crippen molar-refractivity contribution in [2.24, 2.45) is 0 Å². The van der Waals surface area contributed by atoms with Gasteiger partial charge in [0.15, 0.2) is 5.11 Å². The standard InChI is InChI=1S/C11H15N3S/c1-12-11(15)14-9-5-8-13(14)10-6-3-2-4-7-10/h2-4,6-7H,5,8-9H2,1H3,(H,12,15). The van der Waals surface area contributed by atoms with Gasteiger partial charge < -0.3 is 5.32 Å². The molecule has 1 aromatic rings. The second-order valence-electron chi connectivity index (χ2n) is 3.49. The quantitative estimate of drug-likeness (QED) is 0.726. The molecule has 1 saturated heterocycles. The molecule has 0 amide bonds. The lowest BCUT2D eigenvalue weighted by Gasteiger charge is -2.31. The number of nitrogens with one attached hydrogen (secondary N) is 1. The molecule has 0 aromatic heterocycles. The van der Waals surface area contributed by atoms with E-state index in [1.807, 2.05) is 25.2 Å². The van der Waals surface area contributed by atoms with Crippen molar-refractivity contribution in [1.82, 2.24) is 10.3 Å². The van der Waals surface area contributed by atoms with Gasteiger partial charge in [0.2, 0.25) is 0 Å². The Labute approximate surface area is 95.6 Å². The van der Waals surface area contributed by atoms with Crippen LogP contribution in [0.4, 0.5) is 5.69 Å². The van der Waals surface area contributed by atoms with Crippen LogP contribution < -0.4 is 10.3 Å². The SMILES string of the molecule is CNC(=S)N1CCCN1c1ccccc1. The fourth-order valence-electron chi connectivity index (χ4n) is 1.82. The first kappa shape index (κ1) is 10.2. The number of hydrazine groups is 1. The van der Waals surface area contributed by atoms with E-state index in [4.69, 9.17) is 12.2 Å². The van der Waals surface area contributed by atoms with Crippen LogP contribution >= 0.6 is 12.2 Å². The van der Waals surface area contributed by atoms with Crippen molar-refractivity contribution in [2.45, 2.75) is 6.42 Å². The number of rotatable bonds is 1. The highest BCUT2D eigenvalue weighted by Gasteiger charge is 2.23. The summed E-state index contributed by atoms with van der Waals surface area (Å²) in [7, 11) is 1.86. The summed E-state index contributed by atoms with van der Waals surface area (Å²) in [5.41, 5.74) is 1.20. The van der Waals surface area contributed by atoms with Crippen LogP contribution in [0.25, 0.3) is 0 Å². The van der Waals surface area contributed by atoms with Gasteiger partial charge in [-0.1, -0.05) is 18.2 Å². The van der Waals surface area contributed by atoms with Gasteiger partial charge in [0, 0.05) is 20.1 Å². The maximum atomic E-state index is 5.27. The molecule has 4 heteroatoms. The smallest absolute Gasteiger partial charge is 0.187 e. The lowest BCUT2D eigenvalue weighted by molar-refractivity contribution is 0.473. The van der Waals surface area contributed by atoms with Gasteiger partial charge in [-0.3, -0.25) is 10.0 Å². The van der Waals surface area contributed by atoms with E-state index in [9.17, 15) is 0 Å². The molecule has 1 aromatic carbocycles. The molecular formula is C11H15N3S. The Balaban J connectivity index is 2.18. The molecule has 0 bridgehead atoms. The Morgan fingerprint density at radius 1 is 1.27 bits per heavy atom. The zero-order valence-corrected chi connectivity index (χ0v) is 9.63. The van der Waals surface area contributed by atoms with Crippen LogP contribution in [-0.2, 0) is 0 Å². The molecule has 1 fully saturated rings. The first-order valence-corrected chi connectivity index (χ1v) is 5.55. The molecule has 1 heterocycles. The molecule has 1 aliphatic heterocycles. The van der Waals surface area contributed by atoms with Gasteiger partial charge >= 0.3 is 0 Å². The van der Waals surface area contributed by atoms with Crippen LogP contribution in [0.3, 0.4) is 0 Å². The number of hydrogen-bond donors (Lipinski definition) is 1. The zero-order valence-electron chi connectivity index (χ0n) is 8.81. The Kier molecular flexibility index (Phi) is 3.06. The van der Waals surface area contributed by atoms with Gasteiger partial charge in [0.05, 0.1) is 5.69 Å². The third-order valence-corrected chi connectivity index (χ3v) is 2.95. The van der Waals surface area contributed by atoms with Gasteiger partial charge in [-0.25, -0.2) is 0 Å². The van der Waals surface area contributed by atoms with Crippen molar-refractivity contribution in [2.75, 3.05) is 25.1 Å². The van der Waals surface area contributed by atoms with Gasteiger partial charge in [0.25, 0.3) is 0 Å². The van der Waals surface area contributed by atoms with Gasteiger partial charge in [0.1, 0.15) is 0 Å². The van der Waals surface area contributed by atoms with E-state index < -0.39 is 0 Å². The molecule has 15 heavy (non-hydrogen) atoms. The van der Waals surface area contributed by atoms with Crippen molar-refractivity contribution in [3.8, 4) is 0 Å². The Hall–Kier alpha value is -1.29. The Morgan fingerprint density at radius 2 is 2.00 bits per heavy atom. The largest absolute Gasteiger partial charge is 0.364 e. The number of nitrogens with zero attached hydrogens (tertiary/aromatic N) is 2. The lowest BCUT2D eigenvalue weighted by Crippen LogP contribution is -2.45. The van der Waals surface area contributed by atoms with E-state index in [1.165, 1.54) is 5.69 Å². The number of thiocarbonyl (C=S) groups is 1. The number of para-hydroxylation sites is 1. The van der Waals surface area contributed by atoms with Crippen LogP contribution in [0.2, 0.25) is 0 Å². The molecule has 80 valence electrons. The molecule has 0 radical (unpaired) electrons. The molecule has 0 spiro atoms.